The molecule has 0 bridgehead atoms. The second-order valence-corrected chi connectivity index (χ2v) is 7.28. The SMILES string of the molecule is CN1CCN2c3ncccc3CC3CCCCCC3[C@@H]2C1. The highest BCUT2D eigenvalue weighted by Crippen LogP contribution is 2.41. The van der Waals surface area contributed by atoms with Gasteiger partial charge in [-0.1, -0.05) is 25.3 Å². The van der Waals surface area contributed by atoms with Gasteiger partial charge in [-0.2, -0.15) is 0 Å². The van der Waals surface area contributed by atoms with Crippen molar-refractivity contribution < 1.29 is 0 Å². The molecule has 1 aromatic rings. The molecule has 1 aliphatic carbocycles. The van der Waals surface area contributed by atoms with Crippen LogP contribution >= 0.6 is 0 Å². The van der Waals surface area contributed by atoms with Gasteiger partial charge in [-0.3, -0.25) is 0 Å². The fraction of sp³-hybridized carbons (Fsp3) is 0.722. The van der Waals surface area contributed by atoms with Gasteiger partial charge in [-0.25, -0.2) is 4.98 Å². The molecule has 2 aliphatic heterocycles. The third-order valence-electron chi connectivity index (χ3n) is 5.96. The topological polar surface area (TPSA) is 19.4 Å². The molecule has 0 aromatic carbocycles. The van der Waals surface area contributed by atoms with Gasteiger partial charge in [0.15, 0.2) is 0 Å². The van der Waals surface area contributed by atoms with Gasteiger partial charge in [-0.05, 0) is 49.8 Å². The summed E-state index contributed by atoms with van der Waals surface area (Å²) in [5, 5.41) is 0. The second-order valence-electron chi connectivity index (χ2n) is 7.28. The van der Waals surface area contributed by atoms with E-state index in [0.29, 0.717) is 6.04 Å². The number of rotatable bonds is 0. The first-order valence-corrected chi connectivity index (χ1v) is 8.72. The van der Waals surface area contributed by atoms with Crippen molar-refractivity contribution in [3.05, 3.63) is 23.9 Å². The first-order chi connectivity index (χ1) is 10.3. The Morgan fingerprint density at radius 1 is 1.14 bits per heavy atom. The van der Waals surface area contributed by atoms with Crippen LogP contribution in [0.5, 0.6) is 0 Å². The molecule has 1 saturated carbocycles. The Labute approximate surface area is 128 Å². The summed E-state index contributed by atoms with van der Waals surface area (Å²) in [6.07, 6.45) is 10.4. The molecule has 3 heterocycles. The van der Waals surface area contributed by atoms with Gasteiger partial charge in [0.2, 0.25) is 0 Å². The molecule has 4 rings (SSSR count). The Hall–Kier alpha value is -1.09. The van der Waals surface area contributed by atoms with Crippen molar-refractivity contribution in [2.75, 3.05) is 31.6 Å². The van der Waals surface area contributed by atoms with Gasteiger partial charge in [-0.15, -0.1) is 0 Å². The average molecular weight is 285 g/mol. The van der Waals surface area contributed by atoms with E-state index in [2.05, 4.69) is 29.0 Å². The van der Waals surface area contributed by atoms with Crippen molar-refractivity contribution in [1.82, 2.24) is 9.88 Å². The molecule has 2 fully saturated rings. The van der Waals surface area contributed by atoms with Crippen molar-refractivity contribution in [3.8, 4) is 0 Å². The van der Waals surface area contributed by atoms with Crippen LogP contribution in [0.1, 0.15) is 37.7 Å². The van der Waals surface area contributed by atoms with E-state index in [0.717, 1.165) is 18.4 Å². The van der Waals surface area contributed by atoms with E-state index < -0.39 is 0 Å². The Morgan fingerprint density at radius 2 is 2.05 bits per heavy atom. The van der Waals surface area contributed by atoms with Crippen molar-refractivity contribution in [3.63, 3.8) is 0 Å². The van der Waals surface area contributed by atoms with Crippen molar-refractivity contribution >= 4 is 5.82 Å². The number of anilines is 1. The zero-order chi connectivity index (χ0) is 14.2. The lowest BCUT2D eigenvalue weighted by Gasteiger charge is -2.44. The lowest BCUT2D eigenvalue weighted by Crippen LogP contribution is -2.55. The highest BCUT2D eigenvalue weighted by molar-refractivity contribution is 5.50. The summed E-state index contributed by atoms with van der Waals surface area (Å²) in [6.45, 7) is 3.54. The number of aromatic nitrogens is 1. The van der Waals surface area contributed by atoms with Crippen LogP contribution in [0.3, 0.4) is 0 Å². The van der Waals surface area contributed by atoms with Crippen LogP contribution in [-0.4, -0.2) is 42.6 Å². The molecule has 0 radical (unpaired) electrons. The van der Waals surface area contributed by atoms with E-state index in [1.165, 1.54) is 63.0 Å². The largest absolute Gasteiger partial charge is 0.351 e. The summed E-state index contributed by atoms with van der Waals surface area (Å²) in [5.41, 5.74) is 1.50. The van der Waals surface area contributed by atoms with E-state index in [9.17, 15) is 0 Å². The monoisotopic (exact) mass is 285 g/mol. The molecule has 3 heteroatoms. The van der Waals surface area contributed by atoms with E-state index in [-0.39, 0.29) is 0 Å². The van der Waals surface area contributed by atoms with Gasteiger partial charge in [0.25, 0.3) is 0 Å². The van der Waals surface area contributed by atoms with Gasteiger partial charge < -0.3 is 9.80 Å². The lowest BCUT2D eigenvalue weighted by atomic mass is 9.79. The van der Waals surface area contributed by atoms with Gasteiger partial charge in [0, 0.05) is 31.9 Å². The summed E-state index contributed by atoms with van der Waals surface area (Å²) in [4.78, 5) is 9.96. The van der Waals surface area contributed by atoms with E-state index in [4.69, 9.17) is 4.98 Å². The van der Waals surface area contributed by atoms with Crippen LogP contribution in [0.15, 0.2) is 18.3 Å². The Bertz CT molecular complexity index is 501. The fourth-order valence-corrected chi connectivity index (χ4v) is 4.89. The van der Waals surface area contributed by atoms with Crippen LogP contribution in [0, 0.1) is 11.8 Å². The molecule has 3 aliphatic rings. The number of fused-ring (bicyclic) bond motifs is 5. The molecule has 1 saturated heterocycles. The predicted octanol–water partition coefficient (Wildman–Crippen LogP) is 2.95. The van der Waals surface area contributed by atoms with Gasteiger partial charge in [0.05, 0.1) is 0 Å². The van der Waals surface area contributed by atoms with Crippen LogP contribution < -0.4 is 4.90 Å². The van der Waals surface area contributed by atoms with E-state index in [1.54, 1.807) is 0 Å². The Morgan fingerprint density at radius 3 is 3.00 bits per heavy atom. The average Bonchev–Trinajstić information content (AvgIpc) is 2.79. The summed E-state index contributed by atoms with van der Waals surface area (Å²) in [7, 11) is 2.28. The molecule has 0 N–H and O–H groups in total. The predicted molar refractivity (Wildman–Crippen MR) is 86.6 cm³/mol. The Kier molecular flexibility index (Phi) is 3.62. The van der Waals surface area contributed by atoms with Crippen molar-refractivity contribution in [2.45, 2.75) is 44.6 Å². The lowest BCUT2D eigenvalue weighted by molar-refractivity contribution is 0.180. The minimum Gasteiger partial charge on any atom is -0.351 e. The molecule has 21 heavy (non-hydrogen) atoms. The molecule has 2 unspecified atom stereocenters. The quantitative estimate of drug-likeness (QED) is 0.730. The maximum absolute atomic E-state index is 4.78. The van der Waals surface area contributed by atoms with Crippen molar-refractivity contribution in [2.24, 2.45) is 11.8 Å². The van der Waals surface area contributed by atoms with Gasteiger partial charge in [0.1, 0.15) is 5.82 Å². The molecule has 3 nitrogen and oxygen atoms in total. The van der Waals surface area contributed by atoms with Crippen LogP contribution in [0.4, 0.5) is 5.82 Å². The molecule has 1 aromatic heterocycles. The molecular formula is C18H27N3. The van der Waals surface area contributed by atoms with E-state index >= 15 is 0 Å². The number of hydrogen-bond acceptors (Lipinski definition) is 3. The minimum atomic E-state index is 0.683. The summed E-state index contributed by atoms with van der Waals surface area (Å²) in [5.74, 6) is 3.03. The summed E-state index contributed by atoms with van der Waals surface area (Å²) in [6, 6.07) is 5.13. The first kappa shape index (κ1) is 13.6. The Balaban J connectivity index is 1.75. The molecule has 114 valence electrons. The third-order valence-corrected chi connectivity index (χ3v) is 5.96. The smallest absolute Gasteiger partial charge is 0.132 e. The van der Waals surface area contributed by atoms with Crippen molar-refractivity contribution in [1.29, 1.82) is 0 Å². The van der Waals surface area contributed by atoms with Crippen LogP contribution in [-0.2, 0) is 6.42 Å². The normalized spacial score (nSPS) is 33.4. The van der Waals surface area contributed by atoms with E-state index in [1.807, 2.05) is 6.20 Å². The van der Waals surface area contributed by atoms with Gasteiger partial charge >= 0.3 is 0 Å². The third kappa shape index (κ3) is 2.46. The van der Waals surface area contributed by atoms with Crippen LogP contribution in [0.25, 0.3) is 0 Å². The number of hydrogen-bond donors (Lipinski definition) is 0. The molecule has 0 spiro atoms. The number of nitrogens with zero attached hydrogens (tertiary/aromatic N) is 3. The standard InChI is InChI=1S/C18H27N3/c1-20-10-11-21-17(13-20)16-8-4-2-3-6-14(16)12-15-7-5-9-19-18(15)21/h5,7,9,14,16-17H,2-4,6,8,10-13H2,1H3/t14?,16?,17-/m0/s1. The summed E-state index contributed by atoms with van der Waals surface area (Å²) >= 11 is 0. The number of piperazine rings is 1. The number of pyridine rings is 1. The summed E-state index contributed by atoms with van der Waals surface area (Å²) < 4.78 is 0. The number of likely N-dealkylation sites (N-methyl/N-ethyl adjacent to an activating group) is 1. The maximum Gasteiger partial charge on any atom is 0.132 e. The zero-order valence-electron chi connectivity index (χ0n) is 13.2. The highest BCUT2D eigenvalue weighted by atomic mass is 15.3. The molecular weight excluding hydrogens is 258 g/mol. The molecule has 0 amide bonds. The second kappa shape index (κ2) is 5.60. The zero-order valence-corrected chi connectivity index (χ0v) is 13.2. The first-order valence-electron chi connectivity index (χ1n) is 8.72. The molecule has 3 atom stereocenters. The maximum atomic E-state index is 4.78. The fourth-order valence-electron chi connectivity index (χ4n) is 4.89. The van der Waals surface area contributed by atoms with Crippen LogP contribution in [0.2, 0.25) is 0 Å². The highest BCUT2D eigenvalue weighted by Gasteiger charge is 2.40. The minimum absolute atomic E-state index is 0.683.